The van der Waals surface area contributed by atoms with Crippen molar-refractivity contribution in [2.45, 2.75) is 19.1 Å². The zero-order valence-electron chi connectivity index (χ0n) is 10.5. The second-order valence-electron chi connectivity index (χ2n) is 4.71. The fourth-order valence-corrected chi connectivity index (χ4v) is 3.23. The first kappa shape index (κ1) is 12.7. The predicted octanol–water partition coefficient (Wildman–Crippen LogP) is 2.62. The van der Waals surface area contributed by atoms with E-state index in [4.69, 9.17) is 0 Å². The molecule has 1 saturated heterocycles. The third kappa shape index (κ3) is 3.58. The molecule has 0 spiro atoms. The third-order valence-electron chi connectivity index (χ3n) is 3.03. The molecule has 0 N–H and O–H groups in total. The number of Topliss-reactive ketones (excluding diaryl/α,β-unsaturated/α-hetero) is 1. The van der Waals surface area contributed by atoms with Gasteiger partial charge in [0.25, 0.3) is 0 Å². The van der Waals surface area contributed by atoms with Crippen LogP contribution in [0.25, 0.3) is 0 Å². The number of carbonyl (C=O) groups excluding carboxylic acids is 1. The van der Waals surface area contributed by atoms with Crippen molar-refractivity contribution in [3.8, 4) is 0 Å². The highest BCUT2D eigenvalue weighted by atomic mass is 32.2. The van der Waals surface area contributed by atoms with Crippen LogP contribution in [0.15, 0.2) is 24.3 Å². The molecule has 2 nitrogen and oxygen atoms in total. The average molecular weight is 249 g/mol. The zero-order chi connectivity index (χ0) is 12.3. The minimum Gasteiger partial charge on any atom is -0.294 e. The van der Waals surface area contributed by atoms with Gasteiger partial charge in [-0.05, 0) is 13.0 Å². The molecule has 0 amide bonds. The summed E-state index contributed by atoms with van der Waals surface area (Å²) in [4.78, 5) is 14.4. The average Bonchev–Trinajstić information content (AvgIpc) is 2.29. The summed E-state index contributed by atoms with van der Waals surface area (Å²) in [6, 6.07) is 7.87. The highest BCUT2D eigenvalue weighted by molar-refractivity contribution is 7.99. The van der Waals surface area contributed by atoms with Gasteiger partial charge in [-0.3, -0.25) is 9.69 Å². The smallest absolute Gasteiger partial charge is 0.176 e. The van der Waals surface area contributed by atoms with Crippen molar-refractivity contribution in [1.29, 1.82) is 0 Å². The molecule has 0 radical (unpaired) electrons. The summed E-state index contributed by atoms with van der Waals surface area (Å²) in [5.41, 5.74) is 1.99. The molecule has 92 valence electrons. The number of thioether (sulfide) groups is 1. The summed E-state index contributed by atoms with van der Waals surface area (Å²) >= 11 is 1.99. The van der Waals surface area contributed by atoms with Crippen LogP contribution >= 0.6 is 11.8 Å². The van der Waals surface area contributed by atoms with Crippen molar-refractivity contribution in [3.63, 3.8) is 0 Å². The molecule has 1 atom stereocenters. The molecule has 2 rings (SSSR count). The minimum absolute atomic E-state index is 0.243. The normalized spacial score (nSPS) is 21.4. The first-order valence-corrected chi connectivity index (χ1v) is 7.14. The summed E-state index contributed by atoms with van der Waals surface area (Å²) in [5.74, 6) is 1.38. The van der Waals surface area contributed by atoms with Crippen LogP contribution in [-0.4, -0.2) is 41.3 Å². The Hall–Kier alpha value is -0.800. The first-order valence-electron chi connectivity index (χ1n) is 6.09. The number of rotatable bonds is 3. The molecule has 17 heavy (non-hydrogen) atoms. The quantitative estimate of drug-likeness (QED) is 0.768. The molecule has 1 aromatic carbocycles. The number of aryl methyl sites for hydroxylation is 1. The largest absolute Gasteiger partial charge is 0.294 e. The van der Waals surface area contributed by atoms with Gasteiger partial charge < -0.3 is 0 Å². The van der Waals surface area contributed by atoms with Gasteiger partial charge in [-0.2, -0.15) is 11.8 Å². The van der Waals surface area contributed by atoms with E-state index in [1.54, 1.807) is 0 Å². The maximum absolute atomic E-state index is 12.1. The fraction of sp³-hybridized carbons (Fsp3) is 0.500. The standard InChI is InChI=1S/C14H19NOS/c1-11-4-3-5-13(8-11)14(16)10-15-6-7-17-12(2)9-15/h3-5,8,12H,6-7,9-10H2,1-2H3. The van der Waals surface area contributed by atoms with E-state index in [-0.39, 0.29) is 5.78 Å². The van der Waals surface area contributed by atoms with Gasteiger partial charge in [-0.25, -0.2) is 0 Å². The third-order valence-corrected chi connectivity index (χ3v) is 4.17. The van der Waals surface area contributed by atoms with Crippen LogP contribution in [0.4, 0.5) is 0 Å². The number of hydrogen-bond acceptors (Lipinski definition) is 3. The van der Waals surface area contributed by atoms with Crippen molar-refractivity contribution < 1.29 is 4.79 Å². The van der Waals surface area contributed by atoms with Crippen molar-refractivity contribution >= 4 is 17.5 Å². The Bertz CT molecular complexity index is 405. The lowest BCUT2D eigenvalue weighted by Crippen LogP contribution is -2.39. The molecular formula is C14H19NOS. The number of hydrogen-bond donors (Lipinski definition) is 0. The van der Waals surface area contributed by atoms with E-state index in [2.05, 4.69) is 11.8 Å². The van der Waals surface area contributed by atoms with Crippen molar-refractivity contribution in [2.24, 2.45) is 0 Å². The van der Waals surface area contributed by atoms with E-state index in [0.29, 0.717) is 11.8 Å². The molecule has 1 unspecified atom stereocenters. The van der Waals surface area contributed by atoms with Crippen molar-refractivity contribution in [3.05, 3.63) is 35.4 Å². The molecule has 1 heterocycles. The van der Waals surface area contributed by atoms with Crippen LogP contribution in [0.1, 0.15) is 22.8 Å². The van der Waals surface area contributed by atoms with Gasteiger partial charge in [0, 0.05) is 29.7 Å². The van der Waals surface area contributed by atoms with Crippen LogP contribution in [0.5, 0.6) is 0 Å². The zero-order valence-corrected chi connectivity index (χ0v) is 11.3. The second kappa shape index (κ2) is 5.69. The van der Waals surface area contributed by atoms with E-state index in [9.17, 15) is 4.79 Å². The molecule has 1 fully saturated rings. The lowest BCUT2D eigenvalue weighted by molar-refractivity contribution is 0.0933. The lowest BCUT2D eigenvalue weighted by atomic mass is 10.1. The number of ketones is 1. The Morgan fingerprint density at radius 1 is 1.53 bits per heavy atom. The topological polar surface area (TPSA) is 20.3 Å². The van der Waals surface area contributed by atoms with Gasteiger partial charge >= 0.3 is 0 Å². The summed E-state index contributed by atoms with van der Waals surface area (Å²) in [6.45, 7) is 6.88. The molecule has 0 aliphatic carbocycles. The lowest BCUT2D eigenvalue weighted by Gasteiger charge is -2.29. The van der Waals surface area contributed by atoms with Gasteiger partial charge in [0.05, 0.1) is 6.54 Å². The van der Waals surface area contributed by atoms with Crippen molar-refractivity contribution in [1.82, 2.24) is 4.90 Å². The molecule has 1 aliphatic rings. The Balaban J connectivity index is 1.97. The monoisotopic (exact) mass is 249 g/mol. The summed E-state index contributed by atoms with van der Waals surface area (Å²) in [5, 5.41) is 0.647. The SMILES string of the molecule is Cc1cccc(C(=O)CN2CCSC(C)C2)c1. The molecule has 0 bridgehead atoms. The first-order chi connectivity index (χ1) is 8.15. The molecular weight excluding hydrogens is 230 g/mol. The van der Waals surface area contributed by atoms with Gasteiger partial charge in [0.2, 0.25) is 0 Å². The Morgan fingerprint density at radius 2 is 2.35 bits per heavy atom. The molecule has 1 aromatic rings. The van der Waals surface area contributed by atoms with Crippen LogP contribution < -0.4 is 0 Å². The van der Waals surface area contributed by atoms with E-state index in [1.807, 2.05) is 43.0 Å². The van der Waals surface area contributed by atoms with E-state index in [1.165, 1.54) is 0 Å². The van der Waals surface area contributed by atoms with Crippen LogP contribution in [0.2, 0.25) is 0 Å². The number of carbonyl (C=O) groups is 1. The molecule has 0 aromatic heterocycles. The van der Waals surface area contributed by atoms with Gasteiger partial charge in [0.15, 0.2) is 5.78 Å². The van der Waals surface area contributed by atoms with E-state index >= 15 is 0 Å². The van der Waals surface area contributed by atoms with E-state index < -0.39 is 0 Å². The van der Waals surface area contributed by atoms with E-state index in [0.717, 1.165) is 30.0 Å². The van der Waals surface area contributed by atoms with Gasteiger partial charge in [-0.15, -0.1) is 0 Å². The van der Waals surface area contributed by atoms with Crippen LogP contribution in [0.3, 0.4) is 0 Å². The highest BCUT2D eigenvalue weighted by Gasteiger charge is 2.19. The maximum atomic E-state index is 12.1. The Kier molecular flexibility index (Phi) is 4.24. The van der Waals surface area contributed by atoms with Crippen LogP contribution in [-0.2, 0) is 0 Å². The Labute approximate surface area is 107 Å². The second-order valence-corrected chi connectivity index (χ2v) is 6.26. The highest BCUT2D eigenvalue weighted by Crippen LogP contribution is 2.18. The van der Waals surface area contributed by atoms with Crippen LogP contribution in [0, 0.1) is 6.92 Å². The number of nitrogens with zero attached hydrogens (tertiary/aromatic N) is 1. The van der Waals surface area contributed by atoms with Gasteiger partial charge in [-0.1, -0.05) is 30.7 Å². The van der Waals surface area contributed by atoms with Gasteiger partial charge in [0.1, 0.15) is 0 Å². The molecule has 0 saturated carbocycles. The molecule has 1 aliphatic heterocycles. The Morgan fingerprint density at radius 3 is 3.06 bits per heavy atom. The fourth-order valence-electron chi connectivity index (χ4n) is 2.15. The summed E-state index contributed by atoms with van der Waals surface area (Å²) in [7, 11) is 0. The molecule has 3 heteroatoms. The predicted molar refractivity (Wildman–Crippen MR) is 73.9 cm³/mol. The summed E-state index contributed by atoms with van der Waals surface area (Å²) in [6.07, 6.45) is 0. The van der Waals surface area contributed by atoms with Crippen molar-refractivity contribution in [2.75, 3.05) is 25.4 Å². The maximum Gasteiger partial charge on any atom is 0.176 e. The summed E-state index contributed by atoms with van der Waals surface area (Å²) < 4.78 is 0. The number of benzene rings is 1. The minimum atomic E-state index is 0.243.